The topological polar surface area (TPSA) is 49.3 Å². The van der Waals surface area contributed by atoms with Crippen LogP contribution in [0.4, 0.5) is 0 Å². The minimum Gasteiger partial charge on any atom is -0.356 e. The molecule has 0 fully saturated rings. The molecule has 0 aromatic carbocycles. The van der Waals surface area contributed by atoms with Crippen LogP contribution in [0.3, 0.4) is 0 Å². The maximum atomic E-state index is 4.30. The van der Waals surface area contributed by atoms with Crippen LogP contribution >= 0.6 is 35.3 Å². The number of hydrogen-bond donors (Lipinski definition) is 2. The van der Waals surface area contributed by atoms with E-state index >= 15 is 0 Å². The highest BCUT2D eigenvalue weighted by Crippen LogP contribution is 2.07. The average molecular weight is 430 g/mol. The Balaban J connectivity index is 0.00000242. The van der Waals surface area contributed by atoms with E-state index in [0.29, 0.717) is 0 Å². The number of rotatable bonds is 6. The second-order valence-electron chi connectivity index (χ2n) is 4.81. The summed E-state index contributed by atoms with van der Waals surface area (Å²) >= 11 is 1.79. The van der Waals surface area contributed by atoms with E-state index < -0.39 is 0 Å². The predicted molar refractivity (Wildman–Crippen MR) is 105 cm³/mol. The summed E-state index contributed by atoms with van der Waals surface area (Å²) in [7, 11) is 1.80. The molecular weight excluding hydrogens is 407 g/mol. The van der Waals surface area contributed by atoms with Crippen molar-refractivity contribution in [2.45, 2.75) is 19.8 Å². The van der Waals surface area contributed by atoms with Gasteiger partial charge in [0.1, 0.15) is 0 Å². The van der Waals surface area contributed by atoms with Crippen LogP contribution in [0.5, 0.6) is 0 Å². The molecule has 0 saturated heterocycles. The SMILES string of the molecule is CN=C(NCCc1ccc(C)nc1)NCCc1cccs1.I. The first kappa shape index (κ1) is 18.9. The Bertz CT molecular complexity index is 552. The Morgan fingerprint density at radius 1 is 1.18 bits per heavy atom. The van der Waals surface area contributed by atoms with E-state index in [2.05, 4.69) is 44.2 Å². The summed E-state index contributed by atoms with van der Waals surface area (Å²) in [6.07, 6.45) is 3.91. The molecule has 22 heavy (non-hydrogen) atoms. The fourth-order valence-electron chi connectivity index (χ4n) is 1.95. The maximum Gasteiger partial charge on any atom is 0.190 e. The molecule has 6 heteroatoms. The number of aliphatic imine (C=N–C) groups is 1. The van der Waals surface area contributed by atoms with Gasteiger partial charge in [0.05, 0.1) is 0 Å². The molecule has 0 bridgehead atoms. The Morgan fingerprint density at radius 2 is 1.95 bits per heavy atom. The van der Waals surface area contributed by atoms with Crippen molar-refractivity contribution in [2.75, 3.05) is 20.1 Å². The zero-order chi connectivity index (χ0) is 14.9. The Hall–Kier alpha value is -1.15. The van der Waals surface area contributed by atoms with Gasteiger partial charge in [0.2, 0.25) is 0 Å². The van der Waals surface area contributed by atoms with Crippen LogP contribution in [0.25, 0.3) is 0 Å². The lowest BCUT2D eigenvalue weighted by molar-refractivity contribution is 0.786. The molecule has 120 valence electrons. The third-order valence-electron chi connectivity index (χ3n) is 3.15. The third-order valence-corrected chi connectivity index (χ3v) is 4.08. The van der Waals surface area contributed by atoms with Gasteiger partial charge in [0, 0.05) is 36.9 Å². The van der Waals surface area contributed by atoms with Crippen molar-refractivity contribution in [3.8, 4) is 0 Å². The van der Waals surface area contributed by atoms with Crippen LogP contribution in [0.1, 0.15) is 16.1 Å². The van der Waals surface area contributed by atoms with E-state index in [4.69, 9.17) is 0 Å². The normalized spacial score (nSPS) is 10.9. The molecular formula is C16H23IN4S. The molecule has 0 saturated carbocycles. The standard InChI is InChI=1S/C16H22N4S.HI/c1-13-5-6-14(12-20-13)7-9-18-16(17-2)19-10-8-15-4-3-11-21-15;/h3-6,11-12H,7-10H2,1-2H3,(H2,17,18,19);1H. The molecule has 2 N–H and O–H groups in total. The summed E-state index contributed by atoms with van der Waals surface area (Å²) in [6, 6.07) is 8.41. The zero-order valence-electron chi connectivity index (χ0n) is 13.0. The lowest BCUT2D eigenvalue weighted by atomic mass is 10.2. The van der Waals surface area contributed by atoms with Gasteiger partial charge in [-0.05, 0) is 42.8 Å². The van der Waals surface area contributed by atoms with E-state index in [1.165, 1.54) is 10.4 Å². The van der Waals surface area contributed by atoms with Gasteiger partial charge in [-0.3, -0.25) is 9.98 Å². The molecule has 0 atom stereocenters. The summed E-state index contributed by atoms with van der Waals surface area (Å²) in [5.41, 5.74) is 2.29. The van der Waals surface area contributed by atoms with Crippen LogP contribution in [0.15, 0.2) is 40.8 Å². The summed E-state index contributed by atoms with van der Waals surface area (Å²) in [4.78, 5) is 9.93. The van der Waals surface area contributed by atoms with Crippen LogP contribution in [-0.2, 0) is 12.8 Å². The van der Waals surface area contributed by atoms with Gasteiger partial charge in [-0.1, -0.05) is 12.1 Å². The van der Waals surface area contributed by atoms with E-state index in [1.54, 1.807) is 18.4 Å². The number of nitrogens with zero attached hydrogens (tertiary/aromatic N) is 2. The van der Waals surface area contributed by atoms with Gasteiger partial charge in [0.15, 0.2) is 5.96 Å². The van der Waals surface area contributed by atoms with Crippen molar-refractivity contribution in [3.05, 3.63) is 52.0 Å². The van der Waals surface area contributed by atoms with Gasteiger partial charge in [-0.25, -0.2) is 0 Å². The molecule has 0 unspecified atom stereocenters. The summed E-state index contributed by atoms with van der Waals surface area (Å²) < 4.78 is 0. The van der Waals surface area contributed by atoms with Gasteiger partial charge < -0.3 is 10.6 Å². The van der Waals surface area contributed by atoms with Gasteiger partial charge in [0.25, 0.3) is 0 Å². The molecule has 2 rings (SSSR count). The molecule has 0 aliphatic heterocycles. The molecule has 2 aromatic heterocycles. The fourth-order valence-corrected chi connectivity index (χ4v) is 2.66. The summed E-state index contributed by atoms with van der Waals surface area (Å²) in [5.74, 6) is 0.853. The second-order valence-corrected chi connectivity index (χ2v) is 5.85. The van der Waals surface area contributed by atoms with E-state index in [0.717, 1.165) is 37.6 Å². The van der Waals surface area contributed by atoms with Crippen molar-refractivity contribution in [1.82, 2.24) is 15.6 Å². The van der Waals surface area contributed by atoms with Crippen LogP contribution in [0.2, 0.25) is 0 Å². The monoisotopic (exact) mass is 430 g/mol. The van der Waals surface area contributed by atoms with Crippen LogP contribution < -0.4 is 10.6 Å². The number of thiophene rings is 1. The van der Waals surface area contributed by atoms with E-state index in [1.807, 2.05) is 19.2 Å². The summed E-state index contributed by atoms with van der Waals surface area (Å²) in [6.45, 7) is 3.75. The van der Waals surface area contributed by atoms with Crippen molar-refractivity contribution >= 4 is 41.3 Å². The van der Waals surface area contributed by atoms with Gasteiger partial charge in [-0.15, -0.1) is 35.3 Å². The highest BCUT2D eigenvalue weighted by molar-refractivity contribution is 14.0. The molecule has 4 nitrogen and oxygen atoms in total. The first-order chi connectivity index (χ1) is 10.3. The van der Waals surface area contributed by atoms with E-state index in [9.17, 15) is 0 Å². The molecule has 0 aliphatic rings. The Labute approximate surface area is 153 Å². The second kappa shape index (κ2) is 10.6. The van der Waals surface area contributed by atoms with Crippen LogP contribution in [-0.4, -0.2) is 31.1 Å². The van der Waals surface area contributed by atoms with Crippen LogP contribution in [0, 0.1) is 6.92 Å². The number of hydrogen-bond acceptors (Lipinski definition) is 3. The minimum atomic E-state index is 0. The van der Waals surface area contributed by atoms with E-state index in [-0.39, 0.29) is 24.0 Å². The highest BCUT2D eigenvalue weighted by Gasteiger charge is 1.99. The van der Waals surface area contributed by atoms with Crippen molar-refractivity contribution in [2.24, 2.45) is 4.99 Å². The quantitative estimate of drug-likeness (QED) is 0.421. The molecule has 2 aromatic rings. The maximum absolute atomic E-state index is 4.30. The Kier molecular flexibility index (Phi) is 9.07. The molecule has 0 aliphatic carbocycles. The lowest BCUT2D eigenvalue weighted by Gasteiger charge is -2.11. The zero-order valence-corrected chi connectivity index (χ0v) is 16.2. The molecule has 0 amide bonds. The number of guanidine groups is 1. The number of aryl methyl sites for hydroxylation is 1. The number of pyridine rings is 1. The third kappa shape index (κ3) is 6.74. The van der Waals surface area contributed by atoms with Crippen molar-refractivity contribution in [3.63, 3.8) is 0 Å². The summed E-state index contributed by atoms with van der Waals surface area (Å²) in [5, 5.41) is 8.77. The number of aromatic nitrogens is 1. The number of nitrogens with one attached hydrogen (secondary N) is 2. The smallest absolute Gasteiger partial charge is 0.190 e. The minimum absolute atomic E-state index is 0. The van der Waals surface area contributed by atoms with Gasteiger partial charge >= 0.3 is 0 Å². The Morgan fingerprint density at radius 3 is 2.55 bits per heavy atom. The lowest BCUT2D eigenvalue weighted by Crippen LogP contribution is -2.39. The van der Waals surface area contributed by atoms with Crippen molar-refractivity contribution in [1.29, 1.82) is 0 Å². The fraction of sp³-hybridized carbons (Fsp3) is 0.375. The molecule has 0 spiro atoms. The number of halogens is 1. The molecule has 2 heterocycles. The highest BCUT2D eigenvalue weighted by atomic mass is 127. The van der Waals surface area contributed by atoms with Crippen molar-refractivity contribution < 1.29 is 0 Å². The first-order valence-corrected chi connectivity index (χ1v) is 8.04. The first-order valence-electron chi connectivity index (χ1n) is 7.16. The largest absolute Gasteiger partial charge is 0.356 e. The predicted octanol–water partition coefficient (Wildman–Crippen LogP) is 3.02. The average Bonchev–Trinajstić information content (AvgIpc) is 3.01. The molecule has 0 radical (unpaired) electrons. The van der Waals surface area contributed by atoms with Gasteiger partial charge in [-0.2, -0.15) is 0 Å².